The molecule has 4 aromatic rings. The average molecular weight is 397 g/mol. The number of carbonyl (C=O) groups excluding carboxylic acids is 1. The highest BCUT2D eigenvalue weighted by molar-refractivity contribution is 6.06. The van der Waals surface area contributed by atoms with E-state index in [1.807, 2.05) is 69.3 Å². The number of nitrogens with one attached hydrogen (secondary N) is 1. The van der Waals surface area contributed by atoms with Crippen LogP contribution in [0, 0.1) is 20.8 Å². The molecule has 0 radical (unpaired) electrons. The third-order valence-corrected chi connectivity index (χ3v) is 5.18. The van der Waals surface area contributed by atoms with E-state index in [-0.39, 0.29) is 11.1 Å². The van der Waals surface area contributed by atoms with E-state index < -0.39 is 5.91 Å². The number of fused-ring (bicyclic) bond motifs is 1. The first-order valence-electron chi connectivity index (χ1n) is 9.85. The predicted molar refractivity (Wildman–Crippen MR) is 120 cm³/mol. The Kier molecular flexibility index (Phi) is 5.19. The summed E-state index contributed by atoms with van der Waals surface area (Å²) in [7, 11) is 0. The third-order valence-electron chi connectivity index (χ3n) is 5.18. The van der Waals surface area contributed by atoms with Crippen LogP contribution in [0.2, 0.25) is 0 Å². The number of hydrogen-bond acceptors (Lipinski definition) is 3. The Morgan fingerprint density at radius 1 is 0.967 bits per heavy atom. The molecule has 30 heavy (non-hydrogen) atoms. The minimum absolute atomic E-state index is 0.0996. The Bertz CT molecular complexity index is 1300. The molecule has 1 amide bonds. The van der Waals surface area contributed by atoms with Gasteiger partial charge in [0.05, 0.1) is 6.54 Å². The van der Waals surface area contributed by atoms with Crippen LogP contribution < -0.4 is 10.9 Å². The predicted octanol–water partition coefficient (Wildman–Crippen LogP) is 4.62. The lowest BCUT2D eigenvalue weighted by atomic mass is 10.1. The smallest absolute Gasteiger partial charge is 0.265 e. The van der Waals surface area contributed by atoms with Gasteiger partial charge in [0.1, 0.15) is 11.2 Å². The van der Waals surface area contributed by atoms with Crippen molar-refractivity contribution in [3.05, 3.63) is 105 Å². The molecule has 0 aliphatic carbocycles. The van der Waals surface area contributed by atoms with Crippen LogP contribution in [0.15, 0.2) is 71.7 Å². The van der Waals surface area contributed by atoms with E-state index in [1.54, 1.807) is 22.9 Å². The maximum absolute atomic E-state index is 13.3. The van der Waals surface area contributed by atoms with Gasteiger partial charge in [0.15, 0.2) is 0 Å². The molecule has 0 aliphatic heterocycles. The van der Waals surface area contributed by atoms with E-state index in [9.17, 15) is 9.59 Å². The summed E-state index contributed by atoms with van der Waals surface area (Å²) in [4.78, 5) is 30.7. The molecule has 0 unspecified atom stereocenters. The number of aromatic nitrogens is 2. The highest BCUT2D eigenvalue weighted by atomic mass is 16.2. The number of pyridine rings is 2. The van der Waals surface area contributed by atoms with Gasteiger partial charge in [-0.3, -0.25) is 14.2 Å². The SMILES string of the molecule is Cc1ccc(Cn2c(=O)c(C(=O)Nc3ccc(C)cc3C)cc3cccnc32)cc1. The molecule has 0 spiro atoms. The molecule has 0 saturated carbocycles. The molecular weight excluding hydrogens is 374 g/mol. The van der Waals surface area contributed by atoms with Gasteiger partial charge in [-0.2, -0.15) is 0 Å². The summed E-state index contributed by atoms with van der Waals surface area (Å²) < 4.78 is 1.57. The summed E-state index contributed by atoms with van der Waals surface area (Å²) in [5, 5.41) is 3.63. The molecule has 2 aromatic heterocycles. The molecule has 4 rings (SSSR count). The summed E-state index contributed by atoms with van der Waals surface area (Å²) in [6, 6.07) is 19.1. The van der Waals surface area contributed by atoms with Gasteiger partial charge >= 0.3 is 0 Å². The number of rotatable bonds is 4. The number of carbonyl (C=O) groups is 1. The quantitative estimate of drug-likeness (QED) is 0.546. The van der Waals surface area contributed by atoms with Crippen LogP contribution >= 0.6 is 0 Å². The molecule has 0 atom stereocenters. The van der Waals surface area contributed by atoms with E-state index in [4.69, 9.17) is 0 Å². The molecule has 5 nitrogen and oxygen atoms in total. The minimum Gasteiger partial charge on any atom is -0.322 e. The number of benzene rings is 2. The summed E-state index contributed by atoms with van der Waals surface area (Å²) in [6.07, 6.45) is 1.66. The van der Waals surface area contributed by atoms with Gasteiger partial charge in [0.2, 0.25) is 0 Å². The summed E-state index contributed by atoms with van der Waals surface area (Å²) in [6.45, 7) is 6.30. The second kappa shape index (κ2) is 7.95. The maximum Gasteiger partial charge on any atom is 0.265 e. The summed E-state index contributed by atoms with van der Waals surface area (Å²) in [5.41, 5.74) is 5.19. The third kappa shape index (κ3) is 3.87. The molecule has 0 bridgehead atoms. The highest BCUT2D eigenvalue weighted by Gasteiger charge is 2.17. The Morgan fingerprint density at radius 3 is 2.43 bits per heavy atom. The number of amides is 1. The Labute approximate surface area is 175 Å². The van der Waals surface area contributed by atoms with Crippen molar-refractivity contribution >= 4 is 22.6 Å². The Hall–Kier alpha value is -3.73. The Morgan fingerprint density at radius 2 is 1.70 bits per heavy atom. The topological polar surface area (TPSA) is 64.0 Å². The van der Waals surface area contributed by atoms with E-state index in [1.165, 1.54) is 0 Å². The highest BCUT2D eigenvalue weighted by Crippen LogP contribution is 2.18. The lowest BCUT2D eigenvalue weighted by molar-refractivity contribution is 0.102. The van der Waals surface area contributed by atoms with Gasteiger partial charge in [-0.25, -0.2) is 4.98 Å². The molecule has 2 aromatic carbocycles. The van der Waals surface area contributed by atoms with Crippen molar-refractivity contribution in [2.75, 3.05) is 5.32 Å². The van der Waals surface area contributed by atoms with Crippen LogP contribution in [0.25, 0.3) is 11.0 Å². The van der Waals surface area contributed by atoms with Crippen molar-refractivity contribution in [2.45, 2.75) is 27.3 Å². The summed E-state index contributed by atoms with van der Waals surface area (Å²) in [5.74, 6) is -0.421. The van der Waals surface area contributed by atoms with Crippen LogP contribution in [0.1, 0.15) is 32.6 Å². The molecular formula is C25H23N3O2. The number of aryl methyl sites for hydroxylation is 3. The zero-order chi connectivity index (χ0) is 21.3. The van der Waals surface area contributed by atoms with E-state index >= 15 is 0 Å². The first-order chi connectivity index (χ1) is 14.4. The molecule has 1 N–H and O–H groups in total. The fourth-order valence-electron chi connectivity index (χ4n) is 3.54. The van der Waals surface area contributed by atoms with Crippen LogP contribution in [0.4, 0.5) is 5.69 Å². The van der Waals surface area contributed by atoms with Crippen molar-refractivity contribution < 1.29 is 4.79 Å². The number of anilines is 1. The van der Waals surface area contributed by atoms with Gasteiger partial charge in [0, 0.05) is 17.3 Å². The van der Waals surface area contributed by atoms with E-state index in [0.717, 1.165) is 27.6 Å². The standard InChI is InChI=1S/C25H23N3O2/c1-16-6-9-19(10-7-16)15-28-23-20(5-4-12-26-23)14-21(25(28)30)24(29)27-22-11-8-17(2)13-18(22)3/h4-14H,15H2,1-3H3,(H,27,29). The van der Waals surface area contributed by atoms with Crippen LogP contribution in [0.3, 0.4) is 0 Å². The first-order valence-corrected chi connectivity index (χ1v) is 9.85. The van der Waals surface area contributed by atoms with Crippen molar-refractivity contribution in [2.24, 2.45) is 0 Å². The maximum atomic E-state index is 13.3. The van der Waals surface area contributed by atoms with Crippen LogP contribution in [0.5, 0.6) is 0 Å². The van der Waals surface area contributed by atoms with Crippen LogP contribution in [-0.2, 0) is 6.54 Å². The van der Waals surface area contributed by atoms with Gasteiger partial charge < -0.3 is 5.32 Å². The van der Waals surface area contributed by atoms with Crippen molar-refractivity contribution in [3.63, 3.8) is 0 Å². The largest absolute Gasteiger partial charge is 0.322 e. The minimum atomic E-state index is -0.421. The normalized spacial score (nSPS) is 10.9. The zero-order valence-electron chi connectivity index (χ0n) is 17.3. The van der Waals surface area contributed by atoms with Gasteiger partial charge in [-0.15, -0.1) is 0 Å². The van der Waals surface area contributed by atoms with Gasteiger partial charge in [-0.05, 0) is 56.2 Å². The molecule has 0 aliphatic rings. The summed E-state index contributed by atoms with van der Waals surface area (Å²) >= 11 is 0. The van der Waals surface area contributed by atoms with Gasteiger partial charge in [-0.1, -0.05) is 47.5 Å². The van der Waals surface area contributed by atoms with Crippen molar-refractivity contribution in [1.82, 2.24) is 9.55 Å². The van der Waals surface area contributed by atoms with E-state index in [0.29, 0.717) is 17.9 Å². The monoisotopic (exact) mass is 397 g/mol. The second-order valence-corrected chi connectivity index (χ2v) is 7.62. The van der Waals surface area contributed by atoms with Gasteiger partial charge in [0.25, 0.3) is 11.5 Å². The van der Waals surface area contributed by atoms with E-state index in [2.05, 4.69) is 10.3 Å². The fraction of sp³-hybridized carbons (Fsp3) is 0.160. The second-order valence-electron chi connectivity index (χ2n) is 7.62. The van der Waals surface area contributed by atoms with Crippen molar-refractivity contribution in [1.29, 1.82) is 0 Å². The average Bonchev–Trinajstić information content (AvgIpc) is 2.73. The lowest BCUT2D eigenvalue weighted by Gasteiger charge is -2.13. The molecule has 150 valence electrons. The van der Waals surface area contributed by atoms with Crippen LogP contribution in [-0.4, -0.2) is 15.5 Å². The zero-order valence-corrected chi connectivity index (χ0v) is 17.3. The Balaban J connectivity index is 1.78. The number of hydrogen-bond donors (Lipinski definition) is 1. The number of nitrogens with zero attached hydrogens (tertiary/aromatic N) is 2. The van der Waals surface area contributed by atoms with Crippen molar-refractivity contribution in [3.8, 4) is 0 Å². The molecule has 0 fully saturated rings. The fourth-order valence-corrected chi connectivity index (χ4v) is 3.54. The first kappa shape index (κ1) is 19.6. The molecule has 2 heterocycles. The lowest BCUT2D eigenvalue weighted by Crippen LogP contribution is -2.30. The molecule has 0 saturated heterocycles. The molecule has 5 heteroatoms.